The van der Waals surface area contributed by atoms with Gasteiger partial charge in [0.05, 0.1) is 12.2 Å². The number of ether oxygens (including phenoxy) is 1. The number of carbonyl (C=O) groups excluding carboxylic acids is 1. The van der Waals surface area contributed by atoms with Crippen LogP contribution >= 0.6 is 0 Å². The third-order valence-corrected chi connectivity index (χ3v) is 3.15. The topological polar surface area (TPSA) is 41.6 Å². The van der Waals surface area contributed by atoms with E-state index in [1.165, 1.54) is 0 Å². The van der Waals surface area contributed by atoms with Crippen molar-refractivity contribution in [1.82, 2.24) is 5.32 Å². The third kappa shape index (κ3) is 2.94. The van der Waals surface area contributed by atoms with Crippen molar-refractivity contribution < 1.29 is 9.53 Å². The normalized spacial score (nSPS) is 33.7. The molecule has 86 valence electrons. The Balaban J connectivity index is 1.60. The van der Waals surface area contributed by atoms with E-state index >= 15 is 0 Å². The zero-order chi connectivity index (χ0) is 11.1. The van der Waals surface area contributed by atoms with E-state index in [4.69, 9.17) is 4.74 Å². The van der Waals surface area contributed by atoms with E-state index in [1.807, 2.05) is 0 Å². The van der Waals surface area contributed by atoms with Crippen LogP contribution in [0.2, 0.25) is 0 Å². The summed E-state index contributed by atoms with van der Waals surface area (Å²) < 4.78 is 5.34. The number of nitrogens with one attached hydrogen (secondary N) is 1. The molecule has 0 atom stereocenters. The molecule has 0 radical (unpaired) electrons. The van der Waals surface area contributed by atoms with Crippen LogP contribution in [0.25, 0.3) is 0 Å². The fraction of sp³-hybridized carbons (Fsp3) is 0.917. The Hall–Kier alpha value is -0.570. The molecule has 1 spiro atoms. The second kappa shape index (κ2) is 3.48. The highest BCUT2D eigenvalue weighted by Gasteiger charge is 2.54. The predicted molar refractivity (Wildman–Crippen MR) is 58.5 cm³/mol. The van der Waals surface area contributed by atoms with Crippen molar-refractivity contribution in [3.63, 3.8) is 0 Å². The summed E-state index contributed by atoms with van der Waals surface area (Å²) >= 11 is 0. The molecule has 1 saturated carbocycles. The van der Waals surface area contributed by atoms with Crippen LogP contribution in [0, 0.1) is 11.3 Å². The average molecular weight is 211 g/mol. The lowest BCUT2D eigenvalue weighted by molar-refractivity contribution is -0.123. The van der Waals surface area contributed by atoms with E-state index in [1.54, 1.807) is 0 Å². The van der Waals surface area contributed by atoms with E-state index in [9.17, 15) is 4.79 Å². The molecule has 0 aromatic heterocycles. The smallest absolute Gasteiger partial charge is 0.220 e. The Morgan fingerprint density at radius 3 is 2.53 bits per heavy atom. The van der Waals surface area contributed by atoms with Gasteiger partial charge in [0, 0.05) is 13.0 Å². The van der Waals surface area contributed by atoms with Gasteiger partial charge in [-0.05, 0) is 24.2 Å². The van der Waals surface area contributed by atoms with Gasteiger partial charge in [0.2, 0.25) is 5.91 Å². The zero-order valence-corrected chi connectivity index (χ0v) is 9.93. The first-order valence-electron chi connectivity index (χ1n) is 5.79. The van der Waals surface area contributed by atoms with Gasteiger partial charge in [-0.1, -0.05) is 20.8 Å². The van der Waals surface area contributed by atoms with Crippen LogP contribution in [0.5, 0.6) is 0 Å². The maximum Gasteiger partial charge on any atom is 0.220 e. The fourth-order valence-electron chi connectivity index (χ4n) is 2.28. The van der Waals surface area contributed by atoms with Crippen LogP contribution in [-0.4, -0.2) is 24.7 Å². The second-order valence-electron chi connectivity index (χ2n) is 6.29. The van der Waals surface area contributed by atoms with E-state index in [0.717, 1.165) is 26.0 Å². The molecule has 1 N–H and O–H groups in total. The van der Waals surface area contributed by atoms with Crippen molar-refractivity contribution in [1.29, 1.82) is 0 Å². The average Bonchev–Trinajstić information content (AvgIpc) is 2.73. The molecule has 0 unspecified atom stereocenters. The summed E-state index contributed by atoms with van der Waals surface area (Å²) in [5.41, 5.74) is 0.351. The Morgan fingerprint density at radius 2 is 2.07 bits per heavy atom. The van der Waals surface area contributed by atoms with Gasteiger partial charge in [0.25, 0.3) is 0 Å². The number of epoxide rings is 1. The van der Waals surface area contributed by atoms with Crippen molar-refractivity contribution in [2.24, 2.45) is 11.3 Å². The molecule has 0 aromatic rings. The molecule has 1 amide bonds. The van der Waals surface area contributed by atoms with Crippen LogP contribution in [0.4, 0.5) is 0 Å². The molecule has 2 rings (SSSR count). The van der Waals surface area contributed by atoms with Crippen LogP contribution < -0.4 is 5.32 Å². The molecular weight excluding hydrogens is 190 g/mol. The summed E-state index contributed by atoms with van der Waals surface area (Å²) in [6.45, 7) is 8.04. The Kier molecular flexibility index (Phi) is 2.53. The highest BCUT2D eigenvalue weighted by molar-refractivity contribution is 5.76. The lowest BCUT2D eigenvalue weighted by atomic mass is 9.75. The van der Waals surface area contributed by atoms with Gasteiger partial charge in [-0.2, -0.15) is 0 Å². The molecule has 1 saturated heterocycles. The molecule has 3 nitrogen and oxygen atoms in total. The zero-order valence-electron chi connectivity index (χ0n) is 9.93. The lowest BCUT2D eigenvalue weighted by Gasteiger charge is -2.33. The lowest BCUT2D eigenvalue weighted by Crippen LogP contribution is -2.41. The summed E-state index contributed by atoms with van der Waals surface area (Å²) in [5, 5.41) is 3.01. The highest BCUT2D eigenvalue weighted by atomic mass is 16.6. The van der Waals surface area contributed by atoms with E-state index in [0.29, 0.717) is 12.3 Å². The standard InChI is InChI=1S/C12H21NO2/c1-11(2,3)6-10(14)13-7-9-4-12(5-9)8-15-12/h9H,4-8H2,1-3H3,(H,13,14). The molecular formula is C12H21NO2. The molecule has 3 heteroatoms. The SMILES string of the molecule is CC(C)(C)CC(=O)NCC1CC2(CO2)C1. The summed E-state index contributed by atoms with van der Waals surface area (Å²) in [6.07, 6.45) is 2.90. The van der Waals surface area contributed by atoms with Gasteiger partial charge in [0.15, 0.2) is 0 Å². The number of hydrogen-bond acceptors (Lipinski definition) is 2. The van der Waals surface area contributed by atoms with Gasteiger partial charge in [-0.25, -0.2) is 0 Å². The van der Waals surface area contributed by atoms with Crippen molar-refractivity contribution in [2.75, 3.05) is 13.2 Å². The molecule has 2 fully saturated rings. The summed E-state index contributed by atoms with van der Waals surface area (Å²) in [7, 11) is 0. The van der Waals surface area contributed by atoms with E-state index < -0.39 is 0 Å². The van der Waals surface area contributed by atoms with Crippen molar-refractivity contribution in [3.05, 3.63) is 0 Å². The van der Waals surface area contributed by atoms with Gasteiger partial charge >= 0.3 is 0 Å². The van der Waals surface area contributed by atoms with Gasteiger partial charge < -0.3 is 10.1 Å². The maximum absolute atomic E-state index is 11.5. The Bertz CT molecular complexity index is 255. The van der Waals surface area contributed by atoms with Gasteiger partial charge in [-0.15, -0.1) is 0 Å². The Labute approximate surface area is 91.6 Å². The highest BCUT2D eigenvalue weighted by Crippen LogP contribution is 2.49. The largest absolute Gasteiger partial charge is 0.370 e. The monoisotopic (exact) mass is 211 g/mol. The van der Waals surface area contributed by atoms with Crippen molar-refractivity contribution in [2.45, 2.75) is 45.6 Å². The maximum atomic E-state index is 11.5. The summed E-state index contributed by atoms with van der Waals surface area (Å²) in [4.78, 5) is 11.5. The molecule has 0 aromatic carbocycles. The Morgan fingerprint density at radius 1 is 1.47 bits per heavy atom. The number of amides is 1. The van der Waals surface area contributed by atoms with Crippen LogP contribution in [0.1, 0.15) is 40.0 Å². The summed E-state index contributed by atoms with van der Waals surface area (Å²) in [5.74, 6) is 0.830. The minimum atomic E-state index is 0.0878. The fourth-order valence-corrected chi connectivity index (χ4v) is 2.28. The predicted octanol–water partition coefficient (Wildman–Crippen LogP) is 1.72. The quantitative estimate of drug-likeness (QED) is 0.722. The first-order chi connectivity index (χ1) is 6.89. The minimum Gasteiger partial charge on any atom is -0.370 e. The number of rotatable bonds is 3. The van der Waals surface area contributed by atoms with Gasteiger partial charge in [-0.3, -0.25) is 4.79 Å². The first-order valence-corrected chi connectivity index (χ1v) is 5.79. The molecule has 15 heavy (non-hydrogen) atoms. The van der Waals surface area contributed by atoms with Crippen LogP contribution in [-0.2, 0) is 9.53 Å². The minimum absolute atomic E-state index is 0.0878. The van der Waals surface area contributed by atoms with Crippen molar-refractivity contribution >= 4 is 5.91 Å². The van der Waals surface area contributed by atoms with Crippen molar-refractivity contribution in [3.8, 4) is 0 Å². The molecule has 1 aliphatic carbocycles. The first kappa shape index (κ1) is 10.9. The molecule has 2 aliphatic rings. The van der Waals surface area contributed by atoms with Gasteiger partial charge in [0.1, 0.15) is 0 Å². The second-order valence-corrected chi connectivity index (χ2v) is 6.29. The van der Waals surface area contributed by atoms with Crippen LogP contribution in [0.15, 0.2) is 0 Å². The summed E-state index contributed by atoms with van der Waals surface area (Å²) in [6, 6.07) is 0. The van der Waals surface area contributed by atoms with Crippen LogP contribution in [0.3, 0.4) is 0 Å². The number of hydrogen-bond donors (Lipinski definition) is 1. The third-order valence-electron chi connectivity index (χ3n) is 3.15. The molecule has 0 bridgehead atoms. The number of carbonyl (C=O) groups is 1. The van der Waals surface area contributed by atoms with E-state index in [-0.39, 0.29) is 16.9 Å². The molecule has 1 heterocycles. The van der Waals surface area contributed by atoms with E-state index in [2.05, 4.69) is 26.1 Å². The molecule has 1 aliphatic heterocycles.